The molecule has 2 aliphatic rings. The molecule has 2 aliphatic heterocycles. The Kier molecular flexibility index (Phi) is 6.35. The smallest absolute Gasteiger partial charge is 0.258 e. The van der Waals surface area contributed by atoms with Gasteiger partial charge in [-0.25, -0.2) is 0 Å². The second-order valence-electron chi connectivity index (χ2n) is 8.58. The zero-order valence-electron chi connectivity index (χ0n) is 16.6. The molecule has 3 atom stereocenters. The average molecular weight is 353 g/mol. The fourth-order valence-electron chi connectivity index (χ4n) is 4.94. The van der Waals surface area contributed by atoms with Gasteiger partial charge in [-0.3, -0.25) is 4.79 Å². The number of fused-ring (bicyclic) bond motifs is 2. The molecule has 1 saturated heterocycles. The van der Waals surface area contributed by atoms with Crippen molar-refractivity contribution < 1.29 is 14.0 Å². The monoisotopic (exact) mass is 352 g/mol. The Balaban J connectivity index is 2.32. The highest BCUT2D eigenvalue weighted by molar-refractivity contribution is 6.77. The molecule has 3 nitrogen and oxygen atoms in total. The lowest BCUT2D eigenvalue weighted by Gasteiger charge is -2.43. The average Bonchev–Trinajstić information content (AvgIpc) is 2.85. The molecular weight excluding hydrogens is 316 g/mol. The standard InChI is InChI=1S/C20H36O3Si/c1-13(2)24(14(3)4,15(5)6)23-20-12-19-17(16(7)21)10-8-9-11-18(20)22-19/h12-15,17-19H,8-11H2,1-7H3/t17?,18-,19-/m1/s1. The lowest BCUT2D eigenvalue weighted by molar-refractivity contribution is -0.126. The van der Waals surface area contributed by atoms with Crippen LogP contribution in [0.4, 0.5) is 0 Å². The Morgan fingerprint density at radius 1 is 1.08 bits per heavy atom. The van der Waals surface area contributed by atoms with Gasteiger partial charge in [-0.1, -0.05) is 54.4 Å². The van der Waals surface area contributed by atoms with Crippen LogP contribution in [0.15, 0.2) is 11.8 Å². The summed E-state index contributed by atoms with van der Waals surface area (Å²) in [6.07, 6.45) is 6.31. The Bertz CT molecular complexity index is 460. The molecular formula is C20H36O3Si. The summed E-state index contributed by atoms with van der Waals surface area (Å²) in [5, 5.41) is 0. The van der Waals surface area contributed by atoms with Crippen molar-refractivity contribution in [2.45, 2.75) is 103 Å². The maximum atomic E-state index is 12.0. The first-order valence-electron chi connectivity index (χ1n) is 9.76. The van der Waals surface area contributed by atoms with Crippen molar-refractivity contribution in [3.8, 4) is 0 Å². The minimum Gasteiger partial charge on any atom is -0.544 e. The quantitative estimate of drug-likeness (QED) is 0.583. The number of hydrogen-bond donors (Lipinski definition) is 0. The summed E-state index contributed by atoms with van der Waals surface area (Å²) in [5.41, 5.74) is 1.64. The normalized spacial score (nSPS) is 28.1. The van der Waals surface area contributed by atoms with E-state index in [2.05, 4.69) is 47.6 Å². The Hall–Kier alpha value is -0.613. The Labute approximate surface area is 149 Å². The molecule has 2 bridgehead atoms. The number of rotatable bonds is 6. The molecule has 0 N–H and O–H groups in total. The van der Waals surface area contributed by atoms with Gasteiger partial charge < -0.3 is 9.16 Å². The van der Waals surface area contributed by atoms with Gasteiger partial charge in [-0.15, -0.1) is 0 Å². The molecule has 24 heavy (non-hydrogen) atoms. The van der Waals surface area contributed by atoms with E-state index in [0.29, 0.717) is 16.6 Å². The van der Waals surface area contributed by atoms with Crippen LogP contribution in [0.2, 0.25) is 16.6 Å². The molecule has 0 aromatic rings. The van der Waals surface area contributed by atoms with E-state index in [4.69, 9.17) is 9.16 Å². The van der Waals surface area contributed by atoms with Crippen LogP contribution in [0.25, 0.3) is 0 Å². The molecule has 0 saturated carbocycles. The van der Waals surface area contributed by atoms with Crippen LogP contribution in [-0.2, 0) is 14.0 Å². The van der Waals surface area contributed by atoms with Gasteiger partial charge in [-0.05, 0) is 42.5 Å². The predicted octanol–water partition coefficient (Wildman–Crippen LogP) is 5.61. The molecule has 0 amide bonds. The second kappa shape index (κ2) is 7.73. The third-order valence-corrected chi connectivity index (χ3v) is 12.1. The number of ether oxygens (including phenoxy) is 1. The summed E-state index contributed by atoms with van der Waals surface area (Å²) in [6.45, 7) is 15.6. The minimum absolute atomic E-state index is 0.00196. The van der Waals surface area contributed by atoms with Crippen LogP contribution in [0, 0.1) is 5.92 Å². The van der Waals surface area contributed by atoms with Crippen LogP contribution in [0.3, 0.4) is 0 Å². The summed E-state index contributed by atoms with van der Waals surface area (Å²) in [5.74, 6) is 1.29. The lowest BCUT2D eigenvalue weighted by Crippen LogP contribution is -2.48. The van der Waals surface area contributed by atoms with Gasteiger partial charge in [0, 0.05) is 5.92 Å². The molecule has 0 spiro atoms. The van der Waals surface area contributed by atoms with Crippen molar-refractivity contribution in [3.05, 3.63) is 11.8 Å². The summed E-state index contributed by atoms with van der Waals surface area (Å²) in [7, 11) is -1.97. The van der Waals surface area contributed by atoms with E-state index in [1.165, 1.54) is 0 Å². The van der Waals surface area contributed by atoms with E-state index in [0.717, 1.165) is 31.4 Å². The number of ketones is 1. The third kappa shape index (κ3) is 3.64. The Morgan fingerprint density at radius 2 is 1.62 bits per heavy atom. The predicted molar refractivity (Wildman–Crippen MR) is 102 cm³/mol. The van der Waals surface area contributed by atoms with Gasteiger partial charge >= 0.3 is 0 Å². The summed E-state index contributed by atoms with van der Waals surface area (Å²) >= 11 is 0. The van der Waals surface area contributed by atoms with Gasteiger partial charge in [0.25, 0.3) is 8.32 Å². The van der Waals surface area contributed by atoms with E-state index < -0.39 is 8.32 Å². The molecule has 1 unspecified atom stereocenters. The van der Waals surface area contributed by atoms with Crippen molar-refractivity contribution in [1.82, 2.24) is 0 Å². The van der Waals surface area contributed by atoms with Crippen molar-refractivity contribution in [2.24, 2.45) is 5.92 Å². The summed E-state index contributed by atoms with van der Waals surface area (Å²) in [4.78, 5) is 12.0. The lowest BCUT2D eigenvalue weighted by atomic mass is 9.92. The zero-order valence-corrected chi connectivity index (χ0v) is 17.6. The largest absolute Gasteiger partial charge is 0.544 e. The molecule has 2 rings (SSSR count). The van der Waals surface area contributed by atoms with Gasteiger partial charge in [0.15, 0.2) is 0 Å². The molecule has 1 fully saturated rings. The molecule has 0 aromatic carbocycles. The van der Waals surface area contributed by atoms with Crippen molar-refractivity contribution in [1.29, 1.82) is 0 Å². The van der Waals surface area contributed by atoms with Crippen LogP contribution in [0.1, 0.15) is 74.1 Å². The first-order valence-corrected chi connectivity index (χ1v) is 11.9. The SMILES string of the molecule is CC(=O)C1CCCC[C@H]2O[C@@H]1C=C2O[Si](C(C)C)(C(C)C)C(C)C. The first kappa shape index (κ1) is 19.7. The fourth-order valence-corrected chi connectivity index (χ4v) is 10.3. The highest BCUT2D eigenvalue weighted by atomic mass is 28.4. The van der Waals surface area contributed by atoms with Gasteiger partial charge in [-0.2, -0.15) is 0 Å². The molecule has 2 heterocycles. The molecule has 4 heteroatoms. The Morgan fingerprint density at radius 3 is 2.12 bits per heavy atom. The van der Waals surface area contributed by atoms with E-state index in [-0.39, 0.29) is 23.9 Å². The first-order chi connectivity index (χ1) is 11.2. The summed E-state index contributed by atoms with van der Waals surface area (Å²) in [6, 6.07) is 0. The fraction of sp³-hybridized carbons (Fsp3) is 0.850. The molecule has 0 aliphatic carbocycles. The van der Waals surface area contributed by atoms with Crippen molar-refractivity contribution in [3.63, 3.8) is 0 Å². The number of carbonyl (C=O) groups is 1. The summed E-state index contributed by atoms with van der Waals surface area (Å²) < 4.78 is 13.2. The third-order valence-electron chi connectivity index (χ3n) is 6.12. The number of hydrogen-bond acceptors (Lipinski definition) is 3. The van der Waals surface area contributed by atoms with Gasteiger partial charge in [0.1, 0.15) is 17.6 Å². The number of Topliss-reactive ketones (excluding diaryl/α,β-unsaturated/α-hetero) is 1. The molecule has 0 aromatic heterocycles. The van der Waals surface area contributed by atoms with Gasteiger partial charge in [0.05, 0.1) is 6.10 Å². The maximum absolute atomic E-state index is 12.0. The highest BCUT2D eigenvalue weighted by Gasteiger charge is 2.49. The van der Waals surface area contributed by atoms with Crippen LogP contribution in [-0.4, -0.2) is 26.3 Å². The van der Waals surface area contributed by atoms with Gasteiger partial charge in [0.2, 0.25) is 0 Å². The minimum atomic E-state index is -1.97. The van der Waals surface area contributed by atoms with Crippen LogP contribution in [0.5, 0.6) is 0 Å². The zero-order chi connectivity index (χ0) is 18.1. The van der Waals surface area contributed by atoms with Crippen molar-refractivity contribution >= 4 is 14.1 Å². The highest BCUT2D eigenvalue weighted by Crippen LogP contribution is 2.46. The molecule has 138 valence electrons. The number of carbonyl (C=O) groups excluding carboxylic acids is 1. The van der Waals surface area contributed by atoms with E-state index in [1.54, 1.807) is 6.92 Å². The van der Waals surface area contributed by atoms with Crippen LogP contribution >= 0.6 is 0 Å². The van der Waals surface area contributed by atoms with Crippen LogP contribution < -0.4 is 0 Å². The maximum Gasteiger partial charge on any atom is 0.258 e. The van der Waals surface area contributed by atoms with E-state index in [1.807, 2.05) is 0 Å². The van der Waals surface area contributed by atoms with E-state index >= 15 is 0 Å². The molecule has 0 radical (unpaired) electrons. The van der Waals surface area contributed by atoms with E-state index in [9.17, 15) is 4.79 Å². The van der Waals surface area contributed by atoms with Crippen molar-refractivity contribution in [2.75, 3.05) is 0 Å². The second-order valence-corrected chi connectivity index (χ2v) is 14.0. The topological polar surface area (TPSA) is 35.5 Å².